The van der Waals surface area contributed by atoms with Crippen LogP contribution in [0, 0.1) is 0 Å². The fraction of sp³-hybridized carbons (Fsp3) is 0.348. The molecule has 0 aliphatic carbocycles. The van der Waals surface area contributed by atoms with E-state index in [4.69, 9.17) is 15.6 Å². The number of rotatable bonds is 8. The van der Waals surface area contributed by atoms with E-state index in [0.717, 1.165) is 16.7 Å². The molecule has 32 heavy (non-hydrogen) atoms. The van der Waals surface area contributed by atoms with Crippen molar-refractivity contribution >= 4 is 23.6 Å². The molecule has 0 fully saturated rings. The number of benzene rings is 2. The Morgan fingerprint density at radius 1 is 1.12 bits per heavy atom. The minimum absolute atomic E-state index is 0.0579. The number of fused-ring (bicyclic) bond motifs is 1. The van der Waals surface area contributed by atoms with Gasteiger partial charge in [-0.25, -0.2) is 4.79 Å². The van der Waals surface area contributed by atoms with Crippen LogP contribution in [0.2, 0.25) is 0 Å². The van der Waals surface area contributed by atoms with Crippen LogP contribution in [0.4, 0.5) is 10.5 Å². The monoisotopic (exact) mass is 440 g/mol. The molecule has 1 aliphatic rings. The predicted octanol–water partition coefficient (Wildman–Crippen LogP) is 1.86. The first-order chi connectivity index (χ1) is 15.2. The molecule has 0 bridgehead atoms. The minimum atomic E-state index is -1.42. The molecular formula is C23H28N4O5. The Hall–Kier alpha value is -3.59. The molecule has 0 spiro atoms. The van der Waals surface area contributed by atoms with E-state index < -0.39 is 23.6 Å². The maximum Gasteiger partial charge on any atom is 0.405 e. The van der Waals surface area contributed by atoms with E-state index in [2.05, 4.69) is 10.6 Å². The molecule has 0 saturated heterocycles. The van der Waals surface area contributed by atoms with Crippen LogP contribution in [0.3, 0.4) is 0 Å². The Bertz CT molecular complexity index is 993. The van der Waals surface area contributed by atoms with E-state index in [-0.39, 0.29) is 19.1 Å². The van der Waals surface area contributed by atoms with Crippen molar-refractivity contribution < 1.29 is 24.2 Å². The van der Waals surface area contributed by atoms with Crippen LogP contribution >= 0.6 is 0 Å². The second-order valence-corrected chi connectivity index (χ2v) is 8.30. The average Bonchev–Trinajstić information content (AvgIpc) is 3.15. The van der Waals surface area contributed by atoms with Crippen molar-refractivity contribution in [2.24, 2.45) is 0 Å². The Labute approximate surface area is 186 Å². The van der Waals surface area contributed by atoms with E-state index in [1.54, 1.807) is 11.0 Å². The van der Waals surface area contributed by atoms with E-state index in [1.165, 1.54) is 13.8 Å². The van der Waals surface area contributed by atoms with Gasteiger partial charge in [-0.3, -0.25) is 9.59 Å². The Morgan fingerprint density at radius 2 is 1.81 bits per heavy atom. The Morgan fingerprint density at radius 3 is 2.50 bits per heavy atom. The van der Waals surface area contributed by atoms with Crippen molar-refractivity contribution in [2.45, 2.75) is 45.1 Å². The summed E-state index contributed by atoms with van der Waals surface area (Å²) in [6.07, 6.45) is -1.33. The number of nitrogens with one attached hydrogen (secondary N) is 2. The third kappa shape index (κ3) is 5.76. The number of nitrogens with zero attached hydrogens (tertiary/aromatic N) is 1. The van der Waals surface area contributed by atoms with Gasteiger partial charge >= 0.3 is 6.09 Å². The van der Waals surface area contributed by atoms with Gasteiger partial charge in [0.15, 0.2) is 0 Å². The third-order valence-corrected chi connectivity index (χ3v) is 5.25. The van der Waals surface area contributed by atoms with Gasteiger partial charge in [-0.1, -0.05) is 36.4 Å². The lowest BCUT2D eigenvalue weighted by Crippen LogP contribution is -2.59. The second-order valence-electron chi connectivity index (χ2n) is 8.30. The SMILES string of the molecule is CC(C)(NC(=O)O)C(=O)NC(COCc1ccccc1)C(=O)N1Cc2ccc(N)cc2C1. The van der Waals surface area contributed by atoms with Gasteiger partial charge in [0.25, 0.3) is 0 Å². The number of hydrogen-bond acceptors (Lipinski definition) is 5. The Kier molecular flexibility index (Phi) is 6.99. The van der Waals surface area contributed by atoms with Crippen molar-refractivity contribution in [3.05, 3.63) is 65.2 Å². The summed E-state index contributed by atoms with van der Waals surface area (Å²) in [5.41, 5.74) is 7.94. The summed E-state index contributed by atoms with van der Waals surface area (Å²) < 4.78 is 5.73. The molecule has 1 heterocycles. The fourth-order valence-corrected chi connectivity index (χ4v) is 3.50. The van der Waals surface area contributed by atoms with Crippen molar-refractivity contribution in [3.63, 3.8) is 0 Å². The highest BCUT2D eigenvalue weighted by atomic mass is 16.5. The number of hydrogen-bond donors (Lipinski definition) is 4. The van der Waals surface area contributed by atoms with E-state index in [9.17, 15) is 14.4 Å². The maximum atomic E-state index is 13.3. The molecule has 2 aromatic rings. The van der Waals surface area contributed by atoms with Gasteiger partial charge in [-0.05, 0) is 42.7 Å². The lowest BCUT2D eigenvalue weighted by molar-refractivity contribution is -0.140. The van der Waals surface area contributed by atoms with Gasteiger partial charge in [0, 0.05) is 18.8 Å². The summed E-state index contributed by atoms with van der Waals surface area (Å²) in [4.78, 5) is 38.7. The van der Waals surface area contributed by atoms with Gasteiger partial charge in [0.1, 0.15) is 11.6 Å². The number of nitrogens with two attached hydrogens (primary N) is 1. The first-order valence-corrected chi connectivity index (χ1v) is 10.3. The Balaban J connectivity index is 1.71. The first-order valence-electron chi connectivity index (χ1n) is 10.3. The number of nitrogen functional groups attached to an aromatic ring is 1. The van der Waals surface area contributed by atoms with E-state index >= 15 is 0 Å². The number of anilines is 1. The molecule has 5 N–H and O–H groups in total. The van der Waals surface area contributed by atoms with Crippen LogP contribution in [-0.2, 0) is 34.0 Å². The maximum absolute atomic E-state index is 13.3. The van der Waals surface area contributed by atoms with Crippen molar-refractivity contribution in [1.82, 2.24) is 15.5 Å². The highest BCUT2D eigenvalue weighted by Crippen LogP contribution is 2.25. The highest BCUT2D eigenvalue weighted by Gasteiger charge is 2.35. The van der Waals surface area contributed by atoms with E-state index in [1.807, 2.05) is 42.5 Å². The van der Waals surface area contributed by atoms with Crippen LogP contribution in [0.5, 0.6) is 0 Å². The quantitative estimate of drug-likeness (QED) is 0.463. The van der Waals surface area contributed by atoms with Crippen LogP contribution in [-0.4, -0.2) is 46.1 Å². The van der Waals surface area contributed by atoms with Crippen molar-refractivity contribution in [2.75, 3.05) is 12.3 Å². The van der Waals surface area contributed by atoms with Crippen molar-refractivity contribution in [3.8, 4) is 0 Å². The molecule has 2 aromatic carbocycles. The zero-order valence-electron chi connectivity index (χ0n) is 18.1. The number of amides is 3. The minimum Gasteiger partial charge on any atom is -0.465 e. The largest absolute Gasteiger partial charge is 0.465 e. The summed E-state index contributed by atoms with van der Waals surface area (Å²) in [5, 5.41) is 13.8. The average molecular weight is 441 g/mol. The summed E-state index contributed by atoms with van der Waals surface area (Å²) in [5.74, 6) is -0.935. The smallest absolute Gasteiger partial charge is 0.405 e. The number of carbonyl (C=O) groups is 3. The molecule has 0 aromatic heterocycles. The topological polar surface area (TPSA) is 134 Å². The molecule has 3 rings (SSSR count). The summed E-state index contributed by atoms with van der Waals surface area (Å²) in [6, 6.07) is 14.0. The number of carboxylic acid groups (broad SMARTS) is 1. The molecule has 0 radical (unpaired) electrons. The zero-order valence-corrected chi connectivity index (χ0v) is 18.1. The molecule has 1 unspecified atom stereocenters. The molecule has 1 atom stereocenters. The molecule has 170 valence electrons. The molecule has 1 aliphatic heterocycles. The summed E-state index contributed by atoms with van der Waals surface area (Å²) >= 11 is 0. The molecule has 0 saturated carbocycles. The van der Waals surface area contributed by atoms with Crippen LogP contribution in [0.1, 0.15) is 30.5 Å². The molecule has 3 amide bonds. The third-order valence-electron chi connectivity index (χ3n) is 5.25. The predicted molar refractivity (Wildman–Crippen MR) is 118 cm³/mol. The van der Waals surface area contributed by atoms with Gasteiger partial charge in [-0.2, -0.15) is 0 Å². The molecular weight excluding hydrogens is 412 g/mol. The molecule has 9 heteroatoms. The van der Waals surface area contributed by atoms with E-state index in [0.29, 0.717) is 18.8 Å². The number of ether oxygens (including phenoxy) is 1. The van der Waals surface area contributed by atoms with Gasteiger partial charge in [0.2, 0.25) is 11.8 Å². The van der Waals surface area contributed by atoms with Gasteiger partial charge in [-0.15, -0.1) is 0 Å². The lowest BCUT2D eigenvalue weighted by atomic mass is 10.0. The number of carbonyl (C=O) groups excluding carboxylic acids is 2. The van der Waals surface area contributed by atoms with Crippen molar-refractivity contribution in [1.29, 1.82) is 0 Å². The van der Waals surface area contributed by atoms with Gasteiger partial charge < -0.3 is 31.1 Å². The lowest BCUT2D eigenvalue weighted by Gasteiger charge is -2.29. The second kappa shape index (κ2) is 9.69. The summed E-state index contributed by atoms with van der Waals surface area (Å²) in [6.45, 7) is 3.84. The first kappa shape index (κ1) is 23.1. The molecule has 9 nitrogen and oxygen atoms in total. The van der Waals surface area contributed by atoms with Crippen LogP contribution in [0.15, 0.2) is 48.5 Å². The highest BCUT2D eigenvalue weighted by molar-refractivity contribution is 5.93. The zero-order chi connectivity index (χ0) is 23.3. The summed E-state index contributed by atoms with van der Waals surface area (Å²) in [7, 11) is 0. The fourth-order valence-electron chi connectivity index (χ4n) is 3.50. The van der Waals surface area contributed by atoms with Crippen LogP contribution in [0.25, 0.3) is 0 Å². The van der Waals surface area contributed by atoms with Gasteiger partial charge in [0.05, 0.1) is 13.2 Å². The van der Waals surface area contributed by atoms with Crippen LogP contribution < -0.4 is 16.4 Å². The standard InChI is InChI=1S/C23H28N4O5/c1-23(2,26-22(30)31)21(29)25-19(14-32-13-15-6-4-3-5-7-15)20(28)27-11-16-8-9-18(24)10-17(16)12-27/h3-10,19,26H,11-14,24H2,1-2H3,(H,25,29)(H,30,31). The normalized spacial score (nSPS) is 13.9.